The highest BCUT2D eigenvalue weighted by Gasteiger charge is 2.38. The Labute approximate surface area is 152 Å². The van der Waals surface area contributed by atoms with Gasteiger partial charge in [-0.3, -0.25) is 4.40 Å². The second-order valence-corrected chi connectivity index (χ2v) is 8.06. The molecule has 1 unspecified atom stereocenters. The highest BCUT2D eigenvalue weighted by atomic mass is 32.2. The smallest absolute Gasteiger partial charge is 0.243 e. The summed E-state index contributed by atoms with van der Waals surface area (Å²) in [6.07, 6.45) is 3.39. The Balaban J connectivity index is 1.69. The van der Waals surface area contributed by atoms with Crippen molar-refractivity contribution in [3.05, 3.63) is 54.5 Å². The first-order valence-electron chi connectivity index (χ1n) is 8.65. The van der Waals surface area contributed by atoms with E-state index in [0.717, 1.165) is 12.8 Å². The third-order valence-electron chi connectivity index (χ3n) is 4.58. The third kappa shape index (κ3) is 2.85. The van der Waals surface area contributed by atoms with Gasteiger partial charge in [0.05, 0.1) is 17.5 Å². The highest BCUT2D eigenvalue weighted by molar-refractivity contribution is 7.89. The molecule has 3 heterocycles. The molecule has 0 N–H and O–H groups in total. The molecule has 1 aliphatic rings. The van der Waals surface area contributed by atoms with E-state index in [1.54, 1.807) is 24.3 Å². The van der Waals surface area contributed by atoms with E-state index in [0.29, 0.717) is 30.4 Å². The lowest BCUT2D eigenvalue weighted by Gasteiger charge is -2.23. The van der Waals surface area contributed by atoms with Crippen molar-refractivity contribution in [2.45, 2.75) is 30.7 Å². The molecule has 1 atom stereocenters. The zero-order valence-corrected chi connectivity index (χ0v) is 15.3. The Bertz CT molecular complexity index is 1010. The molecule has 0 spiro atoms. The number of aromatic nitrogens is 3. The van der Waals surface area contributed by atoms with Gasteiger partial charge in [-0.2, -0.15) is 4.31 Å². The molecule has 26 heavy (non-hydrogen) atoms. The molecule has 136 valence electrons. The van der Waals surface area contributed by atoms with E-state index in [1.807, 2.05) is 35.7 Å². The summed E-state index contributed by atoms with van der Waals surface area (Å²) in [5.74, 6) is 1.32. The van der Waals surface area contributed by atoms with E-state index < -0.39 is 10.0 Å². The number of benzene rings is 1. The van der Waals surface area contributed by atoms with E-state index in [2.05, 4.69) is 10.2 Å². The van der Waals surface area contributed by atoms with Gasteiger partial charge in [-0.1, -0.05) is 6.07 Å². The number of sulfonamides is 1. The van der Waals surface area contributed by atoms with Crippen molar-refractivity contribution in [2.24, 2.45) is 0 Å². The first kappa shape index (κ1) is 17.0. The third-order valence-corrected chi connectivity index (χ3v) is 6.51. The van der Waals surface area contributed by atoms with Crippen LogP contribution in [-0.4, -0.2) is 40.5 Å². The maximum absolute atomic E-state index is 13.2. The Morgan fingerprint density at radius 1 is 1.15 bits per heavy atom. The highest BCUT2D eigenvalue weighted by Crippen LogP contribution is 2.36. The number of rotatable bonds is 5. The lowest BCUT2D eigenvalue weighted by Crippen LogP contribution is -2.31. The van der Waals surface area contributed by atoms with Gasteiger partial charge >= 0.3 is 0 Å². The number of hydrogen-bond acceptors (Lipinski definition) is 5. The van der Waals surface area contributed by atoms with Gasteiger partial charge in [-0.15, -0.1) is 10.2 Å². The van der Waals surface area contributed by atoms with Crippen LogP contribution in [0.5, 0.6) is 5.75 Å². The molecule has 8 heteroatoms. The summed E-state index contributed by atoms with van der Waals surface area (Å²) >= 11 is 0. The minimum absolute atomic E-state index is 0.265. The summed E-state index contributed by atoms with van der Waals surface area (Å²) in [6, 6.07) is 11.9. The van der Waals surface area contributed by atoms with Gasteiger partial charge in [-0.05, 0) is 56.2 Å². The summed E-state index contributed by atoms with van der Waals surface area (Å²) in [5.41, 5.74) is 0.716. The van der Waals surface area contributed by atoms with Crippen molar-refractivity contribution in [1.29, 1.82) is 0 Å². The summed E-state index contributed by atoms with van der Waals surface area (Å²) in [7, 11) is -3.62. The van der Waals surface area contributed by atoms with Gasteiger partial charge in [0.15, 0.2) is 11.5 Å². The topological polar surface area (TPSA) is 76.8 Å². The molecular formula is C18H20N4O3S. The first-order valence-corrected chi connectivity index (χ1v) is 10.1. The van der Waals surface area contributed by atoms with Gasteiger partial charge in [0.25, 0.3) is 0 Å². The van der Waals surface area contributed by atoms with E-state index in [9.17, 15) is 8.42 Å². The number of hydrogen-bond donors (Lipinski definition) is 0. The number of nitrogens with zero attached hydrogens (tertiary/aromatic N) is 4. The van der Waals surface area contributed by atoms with Crippen LogP contribution >= 0.6 is 0 Å². The molecule has 0 aliphatic carbocycles. The largest absolute Gasteiger partial charge is 0.494 e. The standard InChI is InChI=1S/C18H20N4O3S/c1-2-25-14-8-10-15(11-9-14)26(23,24)22-13-5-6-16(22)18-20-19-17-7-3-4-12-21(17)18/h3-4,7-12,16H,2,5-6,13H2,1H3. The molecular weight excluding hydrogens is 352 g/mol. The maximum Gasteiger partial charge on any atom is 0.243 e. The maximum atomic E-state index is 13.2. The van der Waals surface area contributed by atoms with Gasteiger partial charge in [0, 0.05) is 12.7 Å². The molecule has 3 aromatic rings. The van der Waals surface area contributed by atoms with Gasteiger partial charge in [0.2, 0.25) is 10.0 Å². The predicted molar refractivity (Wildman–Crippen MR) is 96.5 cm³/mol. The fraction of sp³-hybridized carbons (Fsp3) is 0.333. The number of pyridine rings is 1. The average Bonchev–Trinajstić information content (AvgIpc) is 3.29. The monoisotopic (exact) mass is 372 g/mol. The second-order valence-electron chi connectivity index (χ2n) is 6.17. The van der Waals surface area contributed by atoms with Crippen LogP contribution in [0, 0.1) is 0 Å². The van der Waals surface area contributed by atoms with E-state index in [-0.39, 0.29) is 10.9 Å². The summed E-state index contributed by atoms with van der Waals surface area (Å²) in [4.78, 5) is 0.265. The Morgan fingerprint density at radius 2 is 1.96 bits per heavy atom. The molecule has 2 aromatic heterocycles. The average molecular weight is 372 g/mol. The molecule has 0 amide bonds. The molecule has 4 rings (SSSR count). The van der Waals surface area contributed by atoms with Gasteiger partial charge < -0.3 is 4.74 Å². The van der Waals surface area contributed by atoms with Crippen LogP contribution in [-0.2, 0) is 10.0 Å². The summed E-state index contributed by atoms with van der Waals surface area (Å²) in [6.45, 7) is 2.91. The van der Waals surface area contributed by atoms with Crippen LogP contribution in [0.25, 0.3) is 5.65 Å². The lowest BCUT2D eigenvalue weighted by atomic mass is 10.2. The minimum Gasteiger partial charge on any atom is -0.494 e. The molecule has 7 nitrogen and oxygen atoms in total. The van der Waals surface area contributed by atoms with Crippen molar-refractivity contribution in [3.8, 4) is 5.75 Å². The number of ether oxygens (including phenoxy) is 1. The fourth-order valence-electron chi connectivity index (χ4n) is 3.38. The molecule has 1 aromatic carbocycles. The van der Waals surface area contributed by atoms with Crippen molar-refractivity contribution in [1.82, 2.24) is 18.9 Å². The summed E-state index contributed by atoms with van der Waals surface area (Å²) < 4.78 is 35.1. The first-order chi connectivity index (χ1) is 12.6. The fourth-order valence-corrected chi connectivity index (χ4v) is 5.04. The van der Waals surface area contributed by atoms with Crippen LogP contribution < -0.4 is 4.74 Å². The van der Waals surface area contributed by atoms with Crippen LogP contribution in [0.1, 0.15) is 31.6 Å². The molecule has 0 saturated carbocycles. The van der Waals surface area contributed by atoms with Gasteiger partial charge in [0.1, 0.15) is 5.75 Å². The zero-order chi connectivity index (χ0) is 18.1. The van der Waals surface area contributed by atoms with Crippen LogP contribution in [0.3, 0.4) is 0 Å². The van der Waals surface area contributed by atoms with Crippen LogP contribution in [0.15, 0.2) is 53.6 Å². The second kappa shape index (κ2) is 6.69. The van der Waals surface area contributed by atoms with E-state index in [1.165, 1.54) is 4.31 Å². The van der Waals surface area contributed by atoms with E-state index >= 15 is 0 Å². The number of fused-ring (bicyclic) bond motifs is 1. The molecule has 1 saturated heterocycles. The van der Waals surface area contributed by atoms with Crippen molar-refractivity contribution < 1.29 is 13.2 Å². The van der Waals surface area contributed by atoms with Gasteiger partial charge in [-0.25, -0.2) is 8.42 Å². The molecule has 1 aliphatic heterocycles. The SMILES string of the molecule is CCOc1ccc(S(=O)(=O)N2CCCC2c2nnc3ccccn23)cc1. The summed E-state index contributed by atoms with van der Waals surface area (Å²) in [5, 5.41) is 8.42. The van der Waals surface area contributed by atoms with E-state index in [4.69, 9.17) is 4.74 Å². The van der Waals surface area contributed by atoms with Crippen LogP contribution in [0.4, 0.5) is 0 Å². The van der Waals surface area contributed by atoms with Crippen LogP contribution in [0.2, 0.25) is 0 Å². The Hall–Kier alpha value is -2.45. The quantitative estimate of drug-likeness (QED) is 0.688. The van der Waals surface area contributed by atoms with Crippen molar-refractivity contribution >= 4 is 15.7 Å². The Morgan fingerprint density at radius 3 is 2.73 bits per heavy atom. The molecule has 0 bridgehead atoms. The van der Waals surface area contributed by atoms with Crippen molar-refractivity contribution in [2.75, 3.05) is 13.2 Å². The zero-order valence-electron chi connectivity index (χ0n) is 14.4. The minimum atomic E-state index is -3.62. The molecule has 1 fully saturated rings. The molecule has 0 radical (unpaired) electrons. The van der Waals surface area contributed by atoms with Crippen molar-refractivity contribution in [3.63, 3.8) is 0 Å². The predicted octanol–water partition coefficient (Wildman–Crippen LogP) is 2.65. The normalized spacial score (nSPS) is 18.4. The lowest BCUT2D eigenvalue weighted by molar-refractivity contribution is 0.340. The Kier molecular flexibility index (Phi) is 4.37.